The van der Waals surface area contributed by atoms with Crippen LogP contribution < -0.4 is 0 Å². The van der Waals surface area contributed by atoms with E-state index in [4.69, 9.17) is 0 Å². The van der Waals surface area contributed by atoms with Gasteiger partial charge in [0.25, 0.3) is 5.91 Å². The quantitative estimate of drug-likeness (QED) is 0.666. The standard InChI is InChI=1S/C14H15N7O3S/c22-14(11-8-17-19-18-11)20-4-6-21(7-5-20)25(23,24)12-9-16-13-10(12)2-1-3-15-13/h1-3,8-9H,4-7H2,(H,15,16)(H,17,18,19). The minimum atomic E-state index is -3.66. The van der Waals surface area contributed by atoms with Crippen molar-refractivity contribution in [1.29, 1.82) is 0 Å². The number of aromatic nitrogens is 5. The van der Waals surface area contributed by atoms with Gasteiger partial charge in [-0.15, -0.1) is 0 Å². The molecule has 3 aromatic rings. The number of carbonyl (C=O) groups is 1. The summed E-state index contributed by atoms with van der Waals surface area (Å²) in [6, 6.07) is 3.42. The average molecular weight is 361 g/mol. The fourth-order valence-corrected chi connectivity index (χ4v) is 4.45. The van der Waals surface area contributed by atoms with Crippen LogP contribution in [0.1, 0.15) is 10.5 Å². The highest BCUT2D eigenvalue weighted by Gasteiger charge is 2.32. The van der Waals surface area contributed by atoms with Crippen molar-refractivity contribution in [2.45, 2.75) is 4.90 Å². The normalized spacial score (nSPS) is 16.4. The topological polar surface area (TPSA) is 128 Å². The number of carbonyl (C=O) groups excluding carboxylic acids is 1. The maximum Gasteiger partial charge on any atom is 0.276 e. The molecule has 0 bridgehead atoms. The molecule has 4 rings (SSSR count). The van der Waals surface area contributed by atoms with Gasteiger partial charge in [0.15, 0.2) is 5.69 Å². The van der Waals surface area contributed by atoms with Crippen molar-refractivity contribution >= 4 is 27.0 Å². The number of aromatic amines is 2. The Kier molecular flexibility index (Phi) is 3.73. The Bertz CT molecular complexity index is 1000. The van der Waals surface area contributed by atoms with E-state index < -0.39 is 10.0 Å². The van der Waals surface area contributed by atoms with E-state index in [2.05, 4.69) is 25.4 Å². The lowest BCUT2D eigenvalue weighted by Gasteiger charge is -2.33. The van der Waals surface area contributed by atoms with Gasteiger partial charge in [-0.2, -0.15) is 19.7 Å². The van der Waals surface area contributed by atoms with Gasteiger partial charge in [0.05, 0.1) is 6.20 Å². The Labute approximate surface area is 142 Å². The highest BCUT2D eigenvalue weighted by molar-refractivity contribution is 7.89. The van der Waals surface area contributed by atoms with Gasteiger partial charge in [0, 0.05) is 44.0 Å². The van der Waals surface area contributed by atoms with Crippen molar-refractivity contribution in [3.8, 4) is 0 Å². The number of hydrogen-bond donors (Lipinski definition) is 2. The SMILES string of the molecule is O=C(c1cn[nH]n1)N1CCN(S(=O)(=O)c2c[nH]c3ncccc23)CC1. The second-order valence-electron chi connectivity index (χ2n) is 5.60. The van der Waals surface area contributed by atoms with Crippen molar-refractivity contribution in [3.63, 3.8) is 0 Å². The number of amides is 1. The second kappa shape index (κ2) is 5.93. The summed E-state index contributed by atoms with van der Waals surface area (Å²) in [6.45, 7) is 1.04. The van der Waals surface area contributed by atoms with Crippen LogP contribution in [0.25, 0.3) is 11.0 Å². The molecule has 3 aromatic heterocycles. The molecule has 1 amide bonds. The number of nitrogens with zero attached hydrogens (tertiary/aromatic N) is 5. The van der Waals surface area contributed by atoms with Gasteiger partial charge in [-0.1, -0.05) is 0 Å². The Morgan fingerprint density at radius 3 is 2.72 bits per heavy atom. The molecule has 1 aliphatic rings. The Morgan fingerprint density at radius 2 is 2.00 bits per heavy atom. The molecule has 0 saturated carbocycles. The van der Waals surface area contributed by atoms with Crippen molar-refractivity contribution in [2.24, 2.45) is 0 Å². The fraction of sp³-hybridized carbons (Fsp3) is 0.286. The molecule has 0 aromatic carbocycles. The van der Waals surface area contributed by atoms with E-state index in [0.717, 1.165) is 0 Å². The summed E-state index contributed by atoms with van der Waals surface area (Å²) in [4.78, 5) is 21.0. The van der Waals surface area contributed by atoms with Crippen LogP contribution in [0.3, 0.4) is 0 Å². The number of nitrogens with one attached hydrogen (secondary N) is 2. The number of pyridine rings is 1. The predicted octanol–water partition coefficient (Wildman–Crippen LogP) is -0.172. The average Bonchev–Trinajstić information content (AvgIpc) is 3.31. The van der Waals surface area contributed by atoms with E-state index in [-0.39, 0.29) is 29.6 Å². The fourth-order valence-electron chi connectivity index (χ4n) is 2.88. The molecule has 1 saturated heterocycles. The van der Waals surface area contributed by atoms with Crippen molar-refractivity contribution < 1.29 is 13.2 Å². The summed E-state index contributed by atoms with van der Waals surface area (Å²) < 4.78 is 27.2. The molecule has 4 heterocycles. The lowest BCUT2D eigenvalue weighted by Crippen LogP contribution is -2.50. The first-order valence-corrected chi connectivity index (χ1v) is 9.08. The Morgan fingerprint density at radius 1 is 1.20 bits per heavy atom. The lowest BCUT2D eigenvalue weighted by atomic mass is 10.3. The smallest absolute Gasteiger partial charge is 0.276 e. The monoisotopic (exact) mass is 361 g/mol. The summed E-state index contributed by atoms with van der Waals surface area (Å²) in [7, 11) is -3.66. The van der Waals surface area contributed by atoms with Crippen LogP contribution in [0, 0.1) is 0 Å². The lowest BCUT2D eigenvalue weighted by molar-refractivity contribution is 0.0692. The van der Waals surface area contributed by atoms with Gasteiger partial charge < -0.3 is 9.88 Å². The summed E-state index contributed by atoms with van der Waals surface area (Å²) in [5, 5.41) is 10.3. The number of fused-ring (bicyclic) bond motifs is 1. The van der Waals surface area contributed by atoms with Crippen LogP contribution >= 0.6 is 0 Å². The highest BCUT2D eigenvalue weighted by atomic mass is 32.2. The molecule has 10 nitrogen and oxygen atoms in total. The van der Waals surface area contributed by atoms with Gasteiger partial charge in [-0.3, -0.25) is 4.79 Å². The minimum Gasteiger partial charge on any atom is -0.345 e. The van der Waals surface area contributed by atoms with E-state index >= 15 is 0 Å². The maximum atomic E-state index is 12.9. The molecule has 0 radical (unpaired) electrons. The number of hydrogen-bond acceptors (Lipinski definition) is 6. The summed E-state index contributed by atoms with van der Waals surface area (Å²) in [5.41, 5.74) is 0.750. The van der Waals surface area contributed by atoms with Crippen molar-refractivity contribution in [2.75, 3.05) is 26.2 Å². The summed E-state index contributed by atoms with van der Waals surface area (Å²) in [6.07, 6.45) is 4.41. The zero-order valence-electron chi connectivity index (χ0n) is 13.1. The van der Waals surface area contributed by atoms with E-state index in [1.165, 1.54) is 16.7 Å². The summed E-state index contributed by atoms with van der Waals surface area (Å²) >= 11 is 0. The Balaban J connectivity index is 1.53. The largest absolute Gasteiger partial charge is 0.345 e. The first-order valence-electron chi connectivity index (χ1n) is 7.64. The molecular formula is C14H15N7O3S. The van der Waals surface area contributed by atoms with Crippen LogP contribution in [0.5, 0.6) is 0 Å². The van der Waals surface area contributed by atoms with Crippen LogP contribution in [0.4, 0.5) is 0 Å². The number of sulfonamides is 1. The van der Waals surface area contributed by atoms with E-state index in [9.17, 15) is 13.2 Å². The molecule has 2 N–H and O–H groups in total. The first kappa shape index (κ1) is 15.7. The molecular weight excluding hydrogens is 346 g/mol. The van der Waals surface area contributed by atoms with Crippen molar-refractivity contribution in [1.82, 2.24) is 34.6 Å². The van der Waals surface area contributed by atoms with E-state index in [1.807, 2.05) is 0 Å². The third kappa shape index (κ3) is 2.66. The van der Waals surface area contributed by atoms with Crippen LogP contribution in [-0.4, -0.2) is 75.1 Å². The van der Waals surface area contributed by atoms with E-state index in [1.54, 1.807) is 23.2 Å². The van der Waals surface area contributed by atoms with Crippen LogP contribution in [0.2, 0.25) is 0 Å². The zero-order valence-corrected chi connectivity index (χ0v) is 13.9. The van der Waals surface area contributed by atoms with Gasteiger partial charge in [-0.05, 0) is 12.1 Å². The van der Waals surface area contributed by atoms with Gasteiger partial charge in [-0.25, -0.2) is 13.4 Å². The minimum absolute atomic E-state index is 0.201. The number of H-pyrrole nitrogens is 2. The molecule has 11 heteroatoms. The third-order valence-electron chi connectivity index (χ3n) is 4.19. The van der Waals surface area contributed by atoms with Gasteiger partial charge >= 0.3 is 0 Å². The van der Waals surface area contributed by atoms with Crippen LogP contribution in [-0.2, 0) is 10.0 Å². The Hall–Kier alpha value is -2.79. The molecule has 0 atom stereocenters. The molecule has 0 spiro atoms. The zero-order chi connectivity index (χ0) is 17.4. The first-order chi connectivity index (χ1) is 12.1. The highest BCUT2D eigenvalue weighted by Crippen LogP contribution is 2.25. The number of rotatable bonds is 3. The van der Waals surface area contributed by atoms with Gasteiger partial charge in [0.2, 0.25) is 10.0 Å². The van der Waals surface area contributed by atoms with Crippen LogP contribution in [0.15, 0.2) is 35.6 Å². The molecule has 1 aliphatic heterocycles. The molecule has 0 unspecified atom stereocenters. The molecule has 1 fully saturated rings. The van der Waals surface area contributed by atoms with E-state index in [0.29, 0.717) is 24.1 Å². The van der Waals surface area contributed by atoms with Crippen molar-refractivity contribution in [3.05, 3.63) is 36.4 Å². The molecule has 0 aliphatic carbocycles. The van der Waals surface area contributed by atoms with Gasteiger partial charge in [0.1, 0.15) is 10.5 Å². The maximum absolute atomic E-state index is 12.9. The molecule has 130 valence electrons. The summed E-state index contributed by atoms with van der Waals surface area (Å²) in [5.74, 6) is -0.262. The third-order valence-corrected chi connectivity index (χ3v) is 6.13. The number of piperazine rings is 1. The second-order valence-corrected chi connectivity index (χ2v) is 7.51. The molecule has 25 heavy (non-hydrogen) atoms. The predicted molar refractivity (Wildman–Crippen MR) is 87.1 cm³/mol.